The highest BCUT2D eigenvalue weighted by molar-refractivity contribution is 6.30. The van der Waals surface area contributed by atoms with Gasteiger partial charge in [0.15, 0.2) is 0 Å². The summed E-state index contributed by atoms with van der Waals surface area (Å²) in [6.07, 6.45) is 1.64. The second-order valence-electron chi connectivity index (χ2n) is 8.91. The van der Waals surface area contributed by atoms with Crippen LogP contribution in [0.25, 0.3) is 5.57 Å². The monoisotopic (exact) mass is 507 g/mol. The first-order valence-corrected chi connectivity index (χ1v) is 12.0. The molecule has 1 aliphatic heterocycles. The molecule has 0 radical (unpaired) electrons. The highest BCUT2D eigenvalue weighted by Gasteiger charge is 2.65. The van der Waals surface area contributed by atoms with Crippen LogP contribution in [0.15, 0.2) is 30.3 Å². The number of carbonyl (C=O) groups excluding carboxylic acids is 3. The molecule has 186 valence electrons. The third-order valence-electron chi connectivity index (χ3n) is 6.82. The van der Waals surface area contributed by atoms with E-state index in [9.17, 15) is 19.6 Å². The average molecular weight is 508 g/mol. The van der Waals surface area contributed by atoms with Crippen molar-refractivity contribution in [2.45, 2.75) is 33.1 Å². The molecule has 0 fully saturated rings. The molecule has 0 unspecified atom stereocenters. The Morgan fingerprint density at radius 2 is 1.83 bits per heavy atom. The van der Waals surface area contributed by atoms with Crippen LogP contribution >= 0.6 is 11.6 Å². The molecule has 1 aromatic carbocycles. The summed E-state index contributed by atoms with van der Waals surface area (Å²) in [7, 11) is 1.64. The Labute approximate surface area is 214 Å². The van der Waals surface area contributed by atoms with Crippen molar-refractivity contribution in [1.82, 2.24) is 4.98 Å². The van der Waals surface area contributed by atoms with Gasteiger partial charge in [-0.15, -0.1) is 0 Å². The van der Waals surface area contributed by atoms with Gasteiger partial charge in [0.2, 0.25) is 5.91 Å². The van der Waals surface area contributed by atoms with E-state index in [1.165, 1.54) is 4.90 Å². The topological polar surface area (TPSA) is 110 Å². The van der Waals surface area contributed by atoms with Crippen LogP contribution in [0.5, 0.6) is 0 Å². The summed E-state index contributed by atoms with van der Waals surface area (Å²) in [6, 6.07) is 9.21. The molecule has 8 nitrogen and oxygen atoms in total. The number of pyridine rings is 1. The summed E-state index contributed by atoms with van der Waals surface area (Å²) in [5.74, 6) is -4.11. The number of ether oxygens (including phenoxy) is 2. The number of benzene rings is 1. The van der Waals surface area contributed by atoms with Gasteiger partial charge in [-0.1, -0.05) is 35.4 Å². The maximum atomic E-state index is 14.0. The molecular weight excluding hydrogens is 482 g/mol. The molecule has 1 spiro atoms. The number of rotatable bonds is 5. The van der Waals surface area contributed by atoms with Crippen molar-refractivity contribution in [2.75, 3.05) is 25.2 Å². The maximum Gasteiger partial charge on any atom is 0.314 e. The number of likely N-dealkylation sites (N-methyl/N-ethyl adjacent to an activating group) is 1. The molecule has 3 atom stereocenters. The third kappa shape index (κ3) is 3.66. The Morgan fingerprint density at radius 1 is 1.17 bits per heavy atom. The Morgan fingerprint density at radius 3 is 2.44 bits per heavy atom. The number of fused-ring (bicyclic) bond motifs is 2. The second kappa shape index (κ2) is 9.40. The molecule has 0 saturated carbocycles. The van der Waals surface area contributed by atoms with Crippen molar-refractivity contribution in [1.29, 1.82) is 5.26 Å². The number of aromatic nitrogens is 1. The van der Waals surface area contributed by atoms with Gasteiger partial charge in [0.1, 0.15) is 16.6 Å². The number of halogens is 1. The van der Waals surface area contributed by atoms with Crippen molar-refractivity contribution < 1.29 is 23.9 Å². The number of anilines is 1. The van der Waals surface area contributed by atoms with Gasteiger partial charge in [-0.3, -0.25) is 14.4 Å². The minimum atomic E-state index is -1.51. The van der Waals surface area contributed by atoms with Crippen molar-refractivity contribution in [3.8, 4) is 6.07 Å². The van der Waals surface area contributed by atoms with Crippen LogP contribution in [-0.2, 0) is 29.3 Å². The fourth-order valence-corrected chi connectivity index (χ4v) is 5.56. The van der Waals surface area contributed by atoms with Crippen LogP contribution in [0.4, 0.5) is 5.69 Å². The summed E-state index contributed by atoms with van der Waals surface area (Å²) in [5, 5.41) is 9.40. The minimum Gasteiger partial charge on any atom is -0.466 e. The molecule has 1 amide bonds. The number of esters is 2. The molecule has 36 heavy (non-hydrogen) atoms. The quantitative estimate of drug-likeness (QED) is 0.446. The zero-order chi connectivity index (χ0) is 26.4. The van der Waals surface area contributed by atoms with E-state index in [-0.39, 0.29) is 35.5 Å². The smallest absolute Gasteiger partial charge is 0.314 e. The maximum absolute atomic E-state index is 14.0. The molecule has 2 aromatic rings. The first-order chi connectivity index (χ1) is 17.1. The van der Waals surface area contributed by atoms with Crippen molar-refractivity contribution in [3.63, 3.8) is 0 Å². The number of amides is 1. The summed E-state index contributed by atoms with van der Waals surface area (Å²) in [4.78, 5) is 46.9. The lowest BCUT2D eigenvalue weighted by Gasteiger charge is -2.30. The van der Waals surface area contributed by atoms with Crippen molar-refractivity contribution in [2.24, 2.45) is 11.8 Å². The first-order valence-electron chi connectivity index (χ1n) is 11.6. The van der Waals surface area contributed by atoms with Crippen LogP contribution < -0.4 is 4.90 Å². The Hall–Kier alpha value is -3.70. The molecule has 2 aliphatic rings. The lowest BCUT2D eigenvalue weighted by Crippen LogP contribution is -2.48. The molecule has 1 aromatic heterocycles. The molecular formula is C27H26ClN3O5. The number of nitrogens with zero attached hydrogens (tertiary/aromatic N) is 3. The Balaban J connectivity index is 2.07. The van der Waals surface area contributed by atoms with Gasteiger partial charge in [-0.25, -0.2) is 4.98 Å². The zero-order valence-corrected chi connectivity index (χ0v) is 21.5. The lowest BCUT2D eigenvalue weighted by molar-refractivity contribution is -0.160. The average Bonchev–Trinajstić information content (AvgIpc) is 3.29. The van der Waals surface area contributed by atoms with Gasteiger partial charge in [0.05, 0.1) is 36.3 Å². The lowest BCUT2D eigenvalue weighted by atomic mass is 9.70. The van der Waals surface area contributed by atoms with E-state index < -0.39 is 29.2 Å². The van der Waals surface area contributed by atoms with Crippen LogP contribution in [0.1, 0.15) is 41.8 Å². The van der Waals surface area contributed by atoms with Crippen molar-refractivity contribution in [3.05, 3.63) is 63.4 Å². The van der Waals surface area contributed by atoms with Crippen molar-refractivity contribution >= 4 is 40.7 Å². The van der Waals surface area contributed by atoms with E-state index in [0.29, 0.717) is 22.4 Å². The normalized spacial score (nSPS) is 22.3. The largest absolute Gasteiger partial charge is 0.466 e. The summed E-state index contributed by atoms with van der Waals surface area (Å²) in [5.41, 5.74) is 2.01. The van der Waals surface area contributed by atoms with E-state index in [2.05, 4.69) is 4.98 Å². The molecule has 9 heteroatoms. The number of nitriles is 1. The number of hydrogen-bond acceptors (Lipinski definition) is 7. The fourth-order valence-electron chi connectivity index (χ4n) is 5.28. The number of aryl methyl sites for hydroxylation is 2. The van der Waals surface area contributed by atoms with Gasteiger partial charge < -0.3 is 14.4 Å². The molecule has 4 rings (SSSR count). The summed E-state index contributed by atoms with van der Waals surface area (Å²) >= 11 is 6.31. The molecule has 0 N–H and O–H groups in total. The van der Waals surface area contributed by atoms with E-state index in [0.717, 1.165) is 5.56 Å². The SMILES string of the molecule is CCOC(=O)[C@H]1C(c2cc(C)c(C#N)c(Cl)n2)=C[C@]2(C(=O)N(C)c3ccc(C)cc32)[C@H]1C(=O)OCC. The van der Waals surface area contributed by atoms with Crippen LogP contribution in [0.3, 0.4) is 0 Å². The first kappa shape index (κ1) is 25.4. The number of carbonyl (C=O) groups is 3. The Bertz CT molecular complexity index is 1340. The molecule has 0 bridgehead atoms. The van der Waals surface area contributed by atoms with E-state index in [4.69, 9.17) is 21.1 Å². The minimum absolute atomic E-state index is 0.0317. The number of hydrogen-bond donors (Lipinski definition) is 0. The van der Waals surface area contributed by atoms with Gasteiger partial charge in [-0.05, 0) is 56.5 Å². The zero-order valence-electron chi connectivity index (χ0n) is 20.7. The highest BCUT2D eigenvalue weighted by Crippen LogP contribution is 2.57. The summed E-state index contributed by atoms with van der Waals surface area (Å²) in [6.45, 7) is 7.08. The van der Waals surface area contributed by atoms with Gasteiger partial charge in [-0.2, -0.15) is 5.26 Å². The molecule has 1 aliphatic carbocycles. The second-order valence-corrected chi connectivity index (χ2v) is 9.27. The van der Waals surface area contributed by atoms with Gasteiger partial charge >= 0.3 is 11.9 Å². The van der Waals surface area contributed by atoms with E-state index in [1.807, 2.05) is 31.2 Å². The Kier molecular flexibility index (Phi) is 6.63. The predicted octanol–water partition coefficient (Wildman–Crippen LogP) is 3.89. The van der Waals surface area contributed by atoms with E-state index in [1.54, 1.807) is 40.0 Å². The highest BCUT2D eigenvalue weighted by atomic mass is 35.5. The van der Waals surface area contributed by atoms with Crippen LogP contribution in [-0.4, -0.2) is 43.1 Å². The van der Waals surface area contributed by atoms with Gasteiger partial charge in [0.25, 0.3) is 0 Å². The third-order valence-corrected chi connectivity index (χ3v) is 7.09. The molecule has 2 heterocycles. The molecule has 0 saturated heterocycles. The predicted molar refractivity (Wildman–Crippen MR) is 133 cm³/mol. The van der Waals surface area contributed by atoms with E-state index >= 15 is 0 Å². The summed E-state index contributed by atoms with van der Waals surface area (Å²) < 4.78 is 10.8. The van der Waals surface area contributed by atoms with Crippen LogP contribution in [0, 0.1) is 37.0 Å². The van der Waals surface area contributed by atoms with Gasteiger partial charge in [0, 0.05) is 12.7 Å². The standard InChI is InChI=1S/C27H26ClN3O5/c1-6-35-24(32)21-16(19-11-15(4)17(13-29)23(28)30-19)12-27(22(21)25(33)36-7-2)18-10-14(3)8-9-20(18)31(5)26(27)34/h8-12,21-22H,6-7H2,1-5H3/t21-,22+,27+/m0/s1. The fraction of sp³-hybridized carbons (Fsp3) is 0.370. The van der Waals surface area contributed by atoms with Crippen LogP contribution in [0.2, 0.25) is 5.15 Å².